The minimum Gasteiger partial charge on any atom is -0.465 e. The van der Waals surface area contributed by atoms with Crippen molar-refractivity contribution >= 4 is 11.9 Å². The van der Waals surface area contributed by atoms with Crippen LogP contribution in [0.4, 0.5) is 4.39 Å². The number of likely N-dealkylation sites (tertiary alicyclic amines) is 1. The van der Waals surface area contributed by atoms with Crippen LogP contribution in [0, 0.1) is 17.7 Å². The molecule has 5 heteroatoms. The van der Waals surface area contributed by atoms with E-state index in [-0.39, 0.29) is 29.5 Å². The lowest BCUT2D eigenvalue weighted by Crippen LogP contribution is -2.32. The SMILES string of the molecule is O=C1OCCC2C(=O)N(Cc3ccc(F)cc3)CC12. The lowest BCUT2D eigenvalue weighted by atomic mass is 9.91. The Morgan fingerprint density at radius 2 is 1.95 bits per heavy atom. The van der Waals surface area contributed by atoms with Crippen LogP contribution < -0.4 is 0 Å². The number of ether oxygens (including phenoxy) is 1. The molecule has 2 saturated heterocycles. The molecule has 3 rings (SSSR count). The Labute approximate surface area is 110 Å². The number of rotatable bonds is 2. The van der Waals surface area contributed by atoms with Gasteiger partial charge in [0.25, 0.3) is 0 Å². The van der Waals surface area contributed by atoms with Crippen molar-refractivity contribution in [1.82, 2.24) is 4.90 Å². The molecular formula is C14H14FNO3. The Morgan fingerprint density at radius 3 is 2.63 bits per heavy atom. The number of amides is 1. The summed E-state index contributed by atoms with van der Waals surface area (Å²) in [6, 6.07) is 6.06. The monoisotopic (exact) mass is 263 g/mol. The summed E-state index contributed by atoms with van der Waals surface area (Å²) in [5, 5.41) is 0. The first-order chi connectivity index (χ1) is 9.15. The summed E-state index contributed by atoms with van der Waals surface area (Å²) in [5.41, 5.74) is 0.863. The summed E-state index contributed by atoms with van der Waals surface area (Å²) in [6.45, 7) is 1.15. The van der Waals surface area contributed by atoms with Crippen molar-refractivity contribution in [2.45, 2.75) is 13.0 Å². The smallest absolute Gasteiger partial charge is 0.311 e. The molecule has 2 aliphatic rings. The fourth-order valence-electron chi connectivity index (χ4n) is 2.77. The van der Waals surface area contributed by atoms with Gasteiger partial charge in [-0.25, -0.2) is 4.39 Å². The fraction of sp³-hybridized carbons (Fsp3) is 0.429. The molecule has 2 atom stereocenters. The zero-order valence-corrected chi connectivity index (χ0v) is 10.3. The molecule has 1 amide bonds. The number of esters is 1. The molecule has 0 spiro atoms. The molecule has 0 N–H and O–H groups in total. The molecule has 4 nitrogen and oxygen atoms in total. The molecule has 0 radical (unpaired) electrons. The van der Waals surface area contributed by atoms with Crippen molar-refractivity contribution in [2.24, 2.45) is 11.8 Å². The molecule has 2 aliphatic heterocycles. The van der Waals surface area contributed by atoms with E-state index in [2.05, 4.69) is 0 Å². The highest BCUT2D eigenvalue weighted by Crippen LogP contribution is 2.32. The number of cyclic esters (lactones) is 1. The molecule has 0 aromatic heterocycles. The van der Waals surface area contributed by atoms with Gasteiger partial charge in [-0.2, -0.15) is 0 Å². The highest BCUT2D eigenvalue weighted by molar-refractivity contribution is 5.89. The topological polar surface area (TPSA) is 46.6 Å². The van der Waals surface area contributed by atoms with Crippen LogP contribution in [-0.4, -0.2) is 29.9 Å². The van der Waals surface area contributed by atoms with E-state index < -0.39 is 0 Å². The Balaban J connectivity index is 1.74. The standard InChI is InChI=1S/C14H14FNO3/c15-10-3-1-9(2-4-10)7-16-8-12-11(13(16)17)5-6-19-14(12)18/h1-4,11-12H,5-8H2. The lowest BCUT2D eigenvalue weighted by molar-refractivity contribution is -0.156. The number of hydrogen-bond acceptors (Lipinski definition) is 3. The first-order valence-electron chi connectivity index (χ1n) is 6.35. The van der Waals surface area contributed by atoms with Gasteiger partial charge < -0.3 is 9.64 Å². The molecule has 2 unspecified atom stereocenters. The predicted molar refractivity (Wildman–Crippen MR) is 64.4 cm³/mol. The average molecular weight is 263 g/mol. The van der Waals surface area contributed by atoms with E-state index >= 15 is 0 Å². The van der Waals surface area contributed by atoms with Crippen molar-refractivity contribution in [3.8, 4) is 0 Å². The van der Waals surface area contributed by atoms with E-state index in [0.717, 1.165) is 5.56 Å². The van der Waals surface area contributed by atoms with Gasteiger partial charge in [-0.05, 0) is 24.1 Å². The molecule has 1 aromatic carbocycles. The summed E-state index contributed by atoms with van der Waals surface area (Å²) in [6.07, 6.45) is 0.606. The molecule has 2 heterocycles. The predicted octanol–water partition coefficient (Wildman–Crippen LogP) is 1.35. The third kappa shape index (κ3) is 2.20. The normalized spacial score (nSPS) is 26.3. The Hall–Kier alpha value is -1.91. The first-order valence-corrected chi connectivity index (χ1v) is 6.35. The maximum atomic E-state index is 12.8. The first kappa shape index (κ1) is 12.1. The average Bonchev–Trinajstić information content (AvgIpc) is 2.72. The molecule has 1 aromatic rings. The highest BCUT2D eigenvalue weighted by Gasteiger charge is 2.46. The number of carbonyl (C=O) groups is 2. The zero-order valence-electron chi connectivity index (χ0n) is 10.3. The Bertz CT molecular complexity index is 514. The van der Waals surface area contributed by atoms with Crippen molar-refractivity contribution < 1.29 is 18.7 Å². The lowest BCUT2D eigenvalue weighted by Gasteiger charge is -2.20. The van der Waals surface area contributed by atoms with E-state index in [1.54, 1.807) is 17.0 Å². The summed E-state index contributed by atoms with van der Waals surface area (Å²) < 4.78 is 17.8. The van der Waals surface area contributed by atoms with E-state index in [1.165, 1.54) is 12.1 Å². The summed E-state index contributed by atoms with van der Waals surface area (Å²) in [7, 11) is 0. The number of carbonyl (C=O) groups excluding carboxylic acids is 2. The molecule has 2 fully saturated rings. The highest BCUT2D eigenvalue weighted by atomic mass is 19.1. The van der Waals surface area contributed by atoms with Crippen molar-refractivity contribution in [3.05, 3.63) is 35.6 Å². The molecule has 0 bridgehead atoms. The maximum Gasteiger partial charge on any atom is 0.311 e. The van der Waals surface area contributed by atoms with Crippen LogP contribution in [0.1, 0.15) is 12.0 Å². The van der Waals surface area contributed by atoms with Crippen LogP contribution in [0.25, 0.3) is 0 Å². The number of benzene rings is 1. The van der Waals surface area contributed by atoms with Crippen molar-refractivity contribution in [1.29, 1.82) is 0 Å². The largest absolute Gasteiger partial charge is 0.465 e. The zero-order chi connectivity index (χ0) is 13.4. The van der Waals surface area contributed by atoms with Gasteiger partial charge in [-0.1, -0.05) is 12.1 Å². The quantitative estimate of drug-likeness (QED) is 0.757. The van der Waals surface area contributed by atoms with Gasteiger partial charge in [0.2, 0.25) is 5.91 Å². The van der Waals surface area contributed by atoms with Gasteiger partial charge in [0.15, 0.2) is 0 Å². The van der Waals surface area contributed by atoms with E-state index in [4.69, 9.17) is 4.74 Å². The van der Waals surface area contributed by atoms with Gasteiger partial charge in [-0.3, -0.25) is 9.59 Å². The molecule has 0 saturated carbocycles. The summed E-state index contributed by atoms with van der Waals surface area (Å²) >= 11 is 0. The minimum atomic E-state index is -0.332. The minimum absolute atomic E-state index is 0.00553. The van der Waals surface area contributed by atoms with E-state index in [9.17, 15) is 14.0 Å². The van der Waals surface area contributed by atoms with Crippen LogP contribution in [-0.2, 0) is 20.9 Å². The number of hydrogen-bond donors (Lipinski definition) is 0. The van der Waals surface area contributed by atoms with Gasteiger partial charge in [-0.15, -0.1) is 0 Å². The number of nitrogens with zero attached hydrogens (tertiary/aromatic N) is 1. The third-order valence-corrected chi connectivity index (χ3v) is 3.79. The van der Waals surface area contributed by atoms with E-state index in [0.29, 0.717) is 26.1 Å². The van der Waals surface area contributed by atoms with E-state index in [1.807, 2.05) is 0 Å². The van der Waals surface area contributed by atoms with Crippen LogP contribution in [0.3, 0.4) is 0 Å². The molecule has 100 valence electrons. The molecule has 19 heavy (non-hydrogen) atoms. The molecular weight excluding hydrogens is 249 g/mol. The van der Waals surface area contributed by atoms with Crippen molar-refractivity contribution in [3.63, 3.8) is 0 Å². The second-order valence-electron chi connectivity index (χ2n) is 5.01. The number of halogens is 1. The van der Waals surface area contributed by atoms with Crippen LogP contribution >= 0.6 is 0 Å². The van der Waals surface area contributed by atoms with Gasteiger partial charge >= 0.3 is 5.97 Å². The fourth-order valence-corrected chi connectivity index (χ4v) is 2.77. The van der Waals surface area contributed by atoms with Crippen LogP contribution in [0.5, 0.6) is 0 Å². The van der Waals surface area contributed by atoms with Crippen LogP contribution in [0.2, 0.25) is 0 Å². The van der Waals surface area contributed by atoms with Crippen LogP contribution in [0.15, 0.2) is 24.3 Å². The van der Waals surface area contributed by atoms with Gasteiger partial charge in [0.1, 0.15) is 5.82 Å². The summed E-state index contributed by atoms with van der Waals surface area (Å²) in [5.74, 6) is -1.13. The second kappa shape index (κ2) is 4.64. The van der Waals surface area contributed by atoms with Gasteiger partial charge in [0, 0.05) is 13.1 Å². The van der Waals surface area contributed by atoms with Crippen molar-refractivity contribution in [2.75, 3.05) is 13.2 Å². The third-order valence-electron chi connectivity index (χ3n) is 3.79. The second-order valence-corrected chi connectivity index (χ2v) is 5.01. The Kier molecular flexibility index (Phi) is 2.97. The Morgan fingerprint density at radius 1 is 1.21 bits per heavy atom. The summed E-state index contributed by atoms with van der Waals surface area (Å²) in [4.78, 5) is 25.5. The maximum absolute atomic E-state index is 12.8. The number of fused-ring (bicyclic) bond motifs is 1. The molecule has 0 aliphatic carbocycles. The van der Waals surface area contributed by atoms with Gasteiger partial charge in [0.05, 0.1) is 18.4 Å².